The predicted molar refractivity (Wildman–Crippen MR) is 81.2 cm³/mol. The molecule has 0 aliphatic rings. The fourth-order valence-corrected chi connectivity index (χ4v) is 2.07. The molecule has 4 heteroatoms. The monoisotopic (exact) mass is 269 g/mol. The van der Waals surface area contributed by atoms with Crippen LogP contribution in [0.4, 0.5) is 5.69 Å². The molecule has 0 aliphatic heterocycles. The SMILES string of the molecule is CCc1ccccc1CNC(=O)c1ccc(NN)cc1. The molecule has 2 aromatic carbocycles. The third-order valence-electron chi connectivity index (χ3n) is 3.25. The van der Waals surface area contributed by atoms with E-state index in [1.165, 1.54) is 5.56 Å². The number of nitrogens with two attached hydrogens (primary N) is 1. The van der Waals surface area contributed by atoms with Crippen molar-refractivity contribution in [2.24, 2.45) is 5.84 Å². The quantitative estimate of drug-likeness (QED) is 0.577. The van der Waals surface area contributed by atoms with Gasteiger partial charge in [0.2, 0.25) is 0 Å². The summed E-state index contributed by atoms with van der Waals surface area (Å²) in [7, 11) is 0. The number of benzene rings is 2. The van der Waals surface area contributed by atoms with Crippen LogP contribution in [-0.2, 0) is 13.0 Å². The van der Waals surface area contributed by atoms with E-state index in [9.17, 15) is 4.79 Å². The van der Waals surface area contributed by atoms with E-state index in [4.69, 9.17) is 5.84 Å². The smallest absolute Gasteiger partial charge is 0.251 e. The molecule has 20 heavy (non-hydrogen) atoms. The van der Waals surface area contributed by atoms with Gasteiger partial charge in [-0.25, -0.2) is 0 Å². The molecule has 4 N–H and O–H groups in total. The minimum Gasteiger partial charge on any atom is -0.348 e. The highest BCUT2D eigenvalue weighted by Crippen LogP contribution is 2.11. The van der Waals surface area contributed by atoms with Gasteiger partial charge in [0, 0.05) is 17.8 Å². The van der Waals surface area contributed by atoms with Gasteiger partial charge in [-0.3, -0.25) is 10.6 Å². The number of nitrogen functional groups attached to an aromatic ring is 1. The summed E-state index contributed by atoms with van der Waals surface area (Å²) in [5, 5.41) is 2.94. The predicted octanol–water partition coefficient (Wildman–Crippen LogP) is 2.46. The van der Waals surface area contributed by atoms with E-state index in [2.05, 4.69) is 23.7 Å². The van der Waals surface area contributed by atoms with Crippen LogP contribution >= 0.6 is 0 Å². The lowest BCUT2D eigenvalue weighted by molar-refractivity contribution is 0.0951. The summed E-state index contributed by atoms with van der Waals surface area (Å²) in [4.78, 5) is 12.1. The molecule has 2 rings (SSSR count). The third kappa shape index (κ3) is 3.36. The van der Waals surface area contributed by atoms with Gasteiger partial charge in [-0.1, -0.05) is 31.2 Å². The minimum atomic E-state index is -0.0838. The lowest BCUT2D eigenvalue weighted by Crippen LogP contribution is -2.23. The third-order valence-corrected chi connectivity index (χ3v) is 3.25. The maximum atomic E-state index is 12.1. The van der Waals surface area contributed by atoms with Crippen molar-refractivity contribution in [3.63, 3.8) is 0 Å². The highest BCUT2D eigenvalue weighted by Gasteiger charge is 2.06. The van der Waals surface area contributed by atoms with E-state index in [1.54, 1.807) is 24.3 Å². The Balaban J connectivity index is 2.01. The second kappa shape index (κ2) is 6.73. The van der Waals surface area contributed by atoms with Crippen LogP contribution in [0.5, 0.6) is 0 Å². The van der Waals surface area contributed by atoms with Crippen LogP contribution in [0, 0.1) is 0 Å². The Morgan fingerprint density at radius 3 is 2.30 bits per heavy atom. The van der Waals surface area contributed by atoms with Crippen molar-refractivity contribution in [1.82, 2.24) is 5.32 Å². The summed E-state index contributed by atoms with van der Waals surface area (Å²) >= 11 is 0. The molecule has 0 fully saturated rings. The maximum Gasteiger partial charge on any atom is 0.251 e. The summed E-state index contributed by atoms with van der Waals surface area (Å²) in [6.45, 7) is 2.65. The first-order valence-electron chi connectivity index (χ1n) is 6.66. The van der Waals surface area contributed by atoms with Crippen molar-refractivity contribution >= 4 is 11.6 Å². The van der Waals surface area contributed by atoms with Crippen molar-refractivity contribution in [3.05, 3.63) is 65.2 Å². The molecule has 104 valence electrons. The first-order chi connectivity index (χ1) is 9.74. The molecule has 0 aromatic heterocycles. The molecule has 0 atom stereocenters. The summed E-state index contributed by atoms with van der Waals surface area (Å²) in [6.07, 6.45) is 0.961. The normalized spacial score (nSPS) is 10.1. The average molecular weight is 269 g/mol. The molecule has 0 unspecified atom stereocenters. The molecule has 0 saturated carbocycles. The van der Waals surface area contributed by atoms with E-state index in [0.29, 0.717) is 12.1 Å². The van der Waals surface area contributed by atoms with Gasteiger partial charge >= 0.3 is 0 Å². The van der Waals surface area contributed by atoms with E-state index in [1.807, 2.05) is 18.2 Å². The number of nitrogens with one attached hydrogen (secondary N) is 2. The van der Waals surface area contributed by atoms with Gasteiger partial charge in [0.1, 0.15) is 0 Å². The lowest BCUT2D eigenvalue weighted by atomic mass is 10.1. The topological polar surface area (TPSA) is 67.2 Å². The van der Waals surface area contributed by atoms with Crippen molar-refractivity contribution in [1.29, 1.82) is 0 Å². The molecule has 0 spiro atoms. The minimum absolute atomic E-state index is 0.0838. The summed E-state index contributed by atoms with van der Waals surface area (Å²) in [5.74, 6) is 5.21. The Bertz CT molecular complexity index is 579. The summed E-state index contributed by atoms with van der Waals surface area (Å²) in [5.41, 5.74) is 6.35. The number of hydrogen-bond donors (Lipinski definition) is 3. The number of carbonyl (C=O) groups excluding carboxylic acids is 1. The van der Waals surface area contributed by atoms with Crippen LogP contribution in [-0.4, -0.2) is 5.91 Å². The van der Waals surface area contributed by atoms with Gasteiger partial charge < -0.3 is 10.7 Å². The molecular weight excluding hydrogens is 250 g/mol. The van der Waals surface area contributed by atoms with Crippen molar-refractivity contribution in [2.75, 3.05) is 5.43 Å². The molecule has 2 aromatic rings. The molecular formula is C16H19N3O. The van der Waals surface area contributed by atoms with Gasteiger partial charge in [0.15, 0.2) is 0 Å². The van der Waals surface area contributed by atoms with Gasteiger partial charge in [-0.15, -0.1) is 0 Å². The second-order valence-corrected chi connectivity index (χ2v) is 4.53. The molecule has 0 heterocycles. The van der Waals surface area contributed by atoms with Crippen molar-refractivity contribution in [3.8, 4) is 0 Å². The van der Waals surface area contributed by atoms with Gasteiger partial charge in [0.25, 0.3) is 5.91 Å². The summed E-state index contributed by atoms with van der Waals surface area (Å²) < 4.78 is 0. The van der Waals surface area contributed by atoms with E-state index in [-0.39, 0.29) is 5.91 Å². The van der Waals surface area contributed by atoms with E-state index >= 15 is 0 Å². The highest BCUT2D eigenvalue weighted by molar-refractivity contribution is 5.94. The van der Waals surface area contributed by atoms with E-state index in [0.717, 1.165) is 17.7 Å². The van der Waals surface area contributed by atoms with Gasteiger partial charge in [-0.05, 0) is 41.8 Å². The maximum absolute atomic E-state index is 12.1. The van der Waals surface area contributed by atoms with Crippen LogP contribution in [0.25, 0.3) is 0 Å². The van der Waals surface area contributed by atoms with Gasteiger partial charge in [0.05, 0.1) is 0 Å². The van der Waals surface area contributed by atoms with Crippen molar-refractivity contribution < 1.29 is 4.79 Å². The molecule has 0 bridgehead atoms. The molecule has 0 radical (unpaired) electrons. The first-order valence-corrected chi connectivity index (χ1v) is 6.66. The average Bonchev–Trinajstić information content (AvgIpc) is 2.53. The second-order valence-electron chi connectivity index (χ2n) is 4.53. The zero-order chi connectivity index (χ0) is 14.4. The first kappa shape index (κ1) is 14.1. The van der Waals surface area contributed by atoms with Gasteiger partial charge in [-0.2, -0.15) is 0 Å². The van der Waals surface area contributed by atoms with Crippen molar-refractivity contribution in [2.45, 2.75) is 19.9 Å². The number of hydrazine groups is 1. The van der Waals surface area contributed by atoms with Crippen LogP contribution in [0.2, 0.25) is 0 Å². The molecule has 0 aliphatic carbocycles. The Kier molecular flexibility index (Phi) is 4.74. The Hall–Kier alpha value is -2.33. The molecule has 4 nitrogen and oxygen atoms in total. The fraction of sp³-hybridized carbons (Fsp3) is 0.188. The number of anilines is 1. The standard InChI is InChI=1S/C16H19N3O/c1-2-12-5-3-4-6-14(12)11-18-16(20)13-7-9-15(19-17)10-8-13/h3-10,19H,2,11,17H2,1H3,(H,18,20). The van der Waals surface area contributed by atoms with Crippen LogP contribution in [0.3, 0.4) is 0 Å². The Morgan fingerprint density at radius 2 is 1.70 bits per heavy atom. The summed E-state index contributed by atoms with van der Waals surface area (Å²) in [6, 6.07) is 15.2. The Labute approximate surface area is 119 Å². The number of aryl methyl sites for hydroxylation is 1. The molecule has 1 amide bonds. The highest BCUT2D eigenvalue weighted by atomic mass is 16.1. The lowest BCUT2D eigenvalue weighted by Gasteiger charge is -2.09. The van der Waals surface area contributed by atoms with E-state index < -0.39 is 0 Å². The molecule has 0 saturated heterocycles. The van der Waals surface area contributed by atoms with Crippen LogP contribution in [0.1, 0.15) is 28.4 Å². The number of amides is 1. The number of hydrogen-bond acceptors (Lipinski definition) is 3. The largest absolute Gasteiger partial charge is 0.348 e. The zero-order valence-corrected chi connectivity index (χ0v) is 11.5. The van der Waals surface area contributed by atoms with Crippen LogP contribution in [0.15, 0.2) is 48.5 Å². The zero-order valence-electron chi connectivity index (χ0n) is 11.5. The fourth-order valence-electron chi connectivity index (χ4n) is 2.07. The Morgan fingerprint density at radius 1 is 1.05 bits per heavy atom. The number of carbonyl (C=O) groups is 1. The van der Waals surface area contributed by atoms with Crippen LogP contribution < -0.4 is 16.6 Å². The number of rotatable bonds is 5.